The van der Waals surface area contributed by atoms with Crippen LogP contribution < -0.4 is 14.2 Å². The van der Waals surface area contributed by atoms with Crippen molar-refractivity contribution in [2.45, 2.75) is 33.4 Å². The first-order chi connectivity index (χ1) is 12.4. The lowest BCUT2D eigenvalue weighted by Gasteiger charge is -2.23. The number of carbonyl (C=O) groups excluding carboxylic acids is 1. The van der Waals surface area contributed by atoms with Crippen molar-refractivity contribution in [3.05, 3.63) is 53.1 Å². The molecule has 1 atom stereocenters. The average molecular weight is 357 g/mol. The molecular formula is C21H27NO4. The number of nitrogens with zero attached hydrogens (tertiary/aromatic N) is 1. The summed E-state index contributed by atoms with van der Waals surface area (Å²) >= 11 is 0. The van der Waals surface area contributed by atoms with Crippen LogP contribution in [-0.4, -0.2) is 38.2 Å². The predicted molar refractivity (Wildman–Crippen MR) is 102 cm³/mol. The number of ether oxygens (including phenoxy) is 3. The molecule has 5 heteroatoms. The summed E-state index contributed by atoms with van der Waals surface area (Å²) in [5.41, 5.74) is 3.15. The predicted octanol–water partition coefficient (Wildman–Crippen LogP) is 3.75. The number of carbonyl (C=O) groups is 1. The third kappa shape index (κ3) is 4.48. The molecule has 0 fully saturated rings. The summed E-state index contributed by atoms with van der Waals surface area (Å²) in [4.78, 5) is 14.3. The fourth-order valence-corrected chi connectivity index (χ4v) is 2.73. The molecule has 2 aromatic carbocycles. The largest absolute Gasteiger partial charge is 0.493 e. The Labute approximate surface area is 155 Å². The number of rotatable bonds is 7. The van der Waals surface area contributed by atoms with Crippen LogP contribution in [0.25, 0.3) is 0 Å². The Kier molecular flexibility index (Phi) is 6.50. The summed E-state index contributed by atoms with van der Waals surface area (Å²) in [6.07, 6.45) is -0.569. The molecule has 0 spiro atoms. The van der Waals surface area contributed by atoms with Crippen molar-refractivity contribution in [3.63, 3.8) is 0 Å². The zero-order chi connectivity index (χ0) is 19.3. The summed E-state index contributed by atoms with van der Waals surface area (Å²) in [5, 5.41) is 0. The highest BCUT2D eigenvalue weighted by atomic mass is 16.5. The molecule has 0 saturated carbocycles. The summed E-state index contributed by atoms with van der Waals surface area (Å²) in [6.45, 7) is 6.25. The molecule has 0 aliphatic carbocycles. The second kappa shape index (κ2) is 8.61. The van der Waals surface area contributed by atoms with E-state index in [0.29, 0.717) is 18.0 Å². The number of benzene rings is 2. The van der Waals surface area contributed by atoms with Crippen LogP contribution in [0.4, 0.5) is 0 Å². The molecule has 0 saturated heterocycles. The first-order valence-electron chi connectivity index (χ1n) is 8.56. The normalized spacial score (nSPS) is 11.6. The minimum Gasteiger partial charge on any atom is -0.493 e. The molecule has 1 amide bonds. The second-order valence-corrected chi connectivity index (χ2v) is 6.34. The number of aryl methyl sites for hydroxylation is 1. The molecule has 0 unspecified atom stereocenters. The van der Waals surface area contributed by atoms with Gasteiger partial charge in [0, 0.05) is 13.6 Å². The van der Waals surface area contributed by atoms with Gasteiger partial charge in [0.25, 0.3) is 5.91 Å². The van der Waals surface area contributed by atoms with Crippen LogP contribution in [0.2, 0.25) is 0 Å². The highest BCUT2D eigenvalue weighted by Crippen LogP contribution is 2.28. The summed E-state index contributed by atoms with van der Waals surface area (Å²) in [5.74, 6) is 1.97. The van der Waals surface area contributed by atoms with E-state index < -0.39 is 6.10 Å². The van der Waals surface area contributed by atoms with Gasteiger partial charge < -0.3 is 19.1 Å². The molecular weight excluding hydrogens is 330 g/mol. The van der Waals surface area contributed by atoms with Crippen LogP contribution in [0.15, 0.2) is 36.4 Å². The first-order valence-corrected chi connectivity index (χ1v) is 8.56. The van der Waals surface area contributed by atoms with E-state index in [0.717, 1.165) is 22.4 Å². The summed E-state index contributed by atoms with van der Waals surface area (Å²) in [7, 11) is 4.96. The third-order valence-corrected chi connectivity index (χ3v) is 4.45. The van der Waals surface area contributed by atoms with E-state index >= 15 is 0 Å². The van der Waals surface area contributed by atoms with Gasteiger partial charge >= 0.3 is 0 Å². The van der Waals surface area contributed by atoms with Gasteiger partial charge in [-0.3, -0.25) is 4.79 Å². The lowest BCUT2D eigenvalue weighted by Crippen LogP contribution is -2.37. The monoisotopic (exact) mass is 357 g/mol. The van der Waals surface area contributed by atoms with Crippen molar-refractivity contribution in [1.82, 2.24) is 4.90 Å². The van der Waals surface area contributed by atoms with Crippen LogP contribution in [0.5, 0.6) is 17.2 Å². The number of hydrogen-bond acceptors (Lipinski definition) is 4. The van der Waals surface area contributed by atoms with Crippen molar-refractivity contribution in [3.8, 4) is 17.2 Å². The topological polar surface area (TPSA) is 48.0 Å². The van der Waals surface area contributed by atoms with Gasteiger partial charge in [0.1, 0.15) is 5.75 Å². The highest BCUT2D eigenvalue weighted by Gasteiger charge is 2.20. The van der Waals surface area contributed by atoms with Crippen LogP contribution >= 0.6 is 0 Å². The maximum absolute atomic E-state index is 12.7. The zero-order valence-electron chi connectivity index (χ0n) is 16.3. The van der Waals surface area contributed by atoms with E-state index in [4.69, 9.17) is 14.2 Å². The Bertz CT molecular complexity index is 773. The molecule has 2 aromatic rings. The van der Waals surface area contributed by atoms with Crippen LogP contribution in [0.1, 0.15) is 23.6 Å². The maximum Gasteiger partial charge on any atom is 0.263 e. The Balaban J connectivity index is 2.05. The molecule has 0 bridgehead atoms. The molecule has 0 N–H and O–H groups in total. The molecule has 0 heterocycles. The minimum atomic E-state index is -0.569. The van der Waals surface area contributed by atoms with Gasteiger partial charge in [-0.1, -0.05) is 18.2 Å². The Morgan fingerprint density at radius 2 is 1.73 bits per heavy atom. The van der Waals surface area contributed by atoms with E-state index in [1.165, 1.54) is 0 Å². The minimum absolute atomic E-state index is 0.0827. The number of hydrogen-bond donors (Lipinski definition) is 0. The van der Waals surface area contributed by atoms with Crippen molar-refractivity contribution in [1.29, 1.82) is 0 Å². The van der Waals surface area contributed by atoms with E-state index in [1.807, 2.05) is 50.2 Å². The lowest BCUT2D eigenvalue weighted by molar-refractivity contribution is -0.137. The van der Waals surface area contributed by atoms with Crippen molar-refractivity contribution < 1.29 is 19.0 Å². The maximum atomic E-state index is 12.7. The molecule has 0 aliphatic rings. The van der Waals surface area contributed by atoms with Gasteiger partial charge in [-0.05, 0) is 55.7 Å². The molecule has 0 aromatic heterocycles. The standard InChI is InChI=1S/C21H27NO4/c1-14-8-7-9-18(15(14)2)26-16(3)21(23)22(4)13-17-10-11-19(24-5)20(12-17)25-6/h7-12,16H,13H2,1-6H3/t16-/m1/s1. The smallest absolute Gasteiger partial charge is 0.263 e. The van der Waals surface area contributed by atoms with Crippen LogP contribution in [-0.2, 0) is 11.3 Å². The number of methoxy groups -OCH3 is 2. The van der Waals surface area contributed by atoms with Gasteiger partial charge in [0.2, 0.25) is 0 Å². The number of likely N-dealkylation sites (N-methyl/N-ethyl adjacent to an activating group) is 1. The van der Waals surface area contributed by atoms with E-state index in [9.17, 15) is 4.79 Å². The Morgan fingerprint density at radius 3 is 2.38 bits per heavy atom. The molecule has 5 nitrogen and oxygen atoms in total. The van der Waals surface area contributed by atoms with E-state index in [1.54, 1.807) is 33.1 Å². The van der Waals surface area contributed by atoms with Crippen LogP contribution in [0, 0.1) is 13.8 Å². The summed E-state index contributed by atoms with van der Waals surface area (Å²) < 4.78 is 16.5. The molecule has 0 radical (unpaired) electrons. The Morgan fingerprint density at radius 1 is 1.04 bits per heavy atom. The third-order valence-electron chi connectivity index (χ3n) is 4.45. The van der Waals surface area contributed by atoms with Gasteiger partial charge in [0.15, 0.2) is 17.6 Å². The van der Waals surface area contributed by atoms with Gasteiger partial charge in [-0.2, -0.15) is 0 Å². The number of amides is 1. The van der Waals surface area contributed by atoms with Crippen molar-refractivity contribution >= 4 is 5.91 Å². The fraction of sp³-hybridized carbons (Fsp3) is 0.381. The van der Waals surface area contributed by atoms with Crippen molar-refractivity contribution in [2.75, 3.05) is 21.3 Å². The van der Waals surface area contributed by atoms with Gasteiger partial charge in [0.05, 0.1) is 14.2 Å². The fourth-order valence-electron chi connectivity index (χ4n) is 2.73. The molecule has 26 heavy (non-hydrogen) atoms. The molecule has 140 valence electrons. The average Bonchev–Trinajstić information content (AvgIpc) is 2.64. The molecule has 2 rings (SSSR count). The quantitative estimate of drug-likeness (QED) is 0.757. The SMILES string of the molecule is COc1ccc(CN(C)C(=O)[C@@H](C)Oc2cccc(C)c2C)cc1OC. The molecule has 0 aliphatic heterocycles. The van der Waals surface area contributed by atoms with Crippen LogP contribution in [0.3, 0.4) is 0 Å². The van der Waals surface area contributed by atoms with E-state index in [2.05, 4.69) is 0 Å². The first kappa shape index (κ1) is 19.6. The van der Waals surface area contributed by atoms with Gasteiger partial charge in [-0.15, -0.1) is 0 Å². The Hall–Kier alpha value is -2.69. The van der Waals surface area contributed by atoms with Crippen molar-refractivity contribution in [2.24, 2.45) is 0 Å². The second-order valence-electron chi connectivity index (χ2n) is 6.34. The van der Waals surface area contributed by atoms with E-state index in [-0.39, 0.29) is 5.91 Å². The zero-order valence-corrected chi connectivity index (χ0v) is 16.3. The lowest BCUT2D eigenvalue weighted by atomic mass is 10.1. The highest BCUT2D eigenvalue weighted by molar-refractivity contribution is 5.80. The van der Waals surface area contributed by atoms with Gasteiger partial charge in [-0.25, -0.2) is 0 Å². The summed E-state index contributed by atoms with van der Waals surface area (Å²) in [6, 6.07) is 11.5.